The zero-order chi connectivity index (χ0) is 36.2. The van der Waals surface area contributed by atoms with Crippen molar-refractivity contribution in [1.82, 2.24) is 25.1 Å². The summed E-state index contributed by atoms with van der Waals surface area (Å²) in [5, 5.41) is 13.3. The molecular formula is C40H33ClF2N6O3S. The number of pyridine rings is 2. The van der Waals surface area contributed by atoms with Crippen LogP contribution < -0.4 is 10.1 Å². The van der Waals surface area contributed by atoms with Crippen LogP contribution >= 0.6 is 22.9 Å². The largest absolute Gasteiger partial charge is 0.496 e. The molecule has 0 bridgehead atoms. The molecule has 6 aromatic rings. The van der Waals surface area contributed by atoms with Crippen LogP contribution in [0, 0.1) is 6.92 Å². The molecule has 4 aliphatic rings. The van der Waals surface area contributed by atoms with Gasteiger partial charge >= 0.3 is 0 Å². The van der Waals surface area contributed by atoms with E-state index in [0.717, 1.165) is 52.4 Å². The average Bonchev–Trinajstić information content (AvgIpc) is 3.99. The Kier molecular flexibility index (Phi) is 7.43. The van der Waals surface area contributed by atoms with E-state index in [4.69, 9.17) is 25.7 Å². The number of aromatic nitrogens is 4. The van der Waals surface area contributed by atoms with Crippen LogP contribution in [0.1, 0.15) is 87.2 Å². The van der Waals surface area contributed by atoms with E-state index in [1.54, 1.807) is 31.3 Å². The molecule has 9 nitrogen and oxygen atoms in total. The molecule has 2 aliphatic carbocycles. The highest BCUT2D eigenvalue weighted by atomic mass is 35.5. The SMILES string of the molecule is COc1cccc2c1CC(F)(F)[C@H]2Nc1nccc2cc(-c3c4c(nc(C[C@H]5CCc6cc(Cl)ccc65)c3-c3nnc(C)o3)[C@H]3CCCN3C4=O)sc12. The fourth-order valence-corrected chi connectivity index (χ4v) is 10.4. The van der Waals surface area contributed by atoms with Crippen molar-refractivity contribution in [2.24, 2.45) is 0 Å². The highest BCUT2D eigenvalue weighted by Crippen LogP contribution is 2.53. The number of carbonyl (C=O) groups excluding carboxylic acids is 1. The Hall–Kier alpha value is -4.94. The lowest BCUT2D eigenvalue weighted by Crippen LogP contribution is -2.28. The summed E-state index contributed by atoms with van der Waals surface area (Å²) in [4.78, 5) is 27.0. The molecule has 0 spiro atoms. The molecular weight excluding hydrogens is 718 g/mol. The molecule has 10 rings (SSSR count). The summed E-state index contributed by atoms with van der Waals surface area (Å²) >= 11 is 7.78. The Labute approximate surface area is 312 Å². The number of hydrogen-bond acceptors (Lipinski definition) is 9. The maximum atomic E-state index is 15.7. The Bertz CT molecular complexity index is 2500. The van der Waals surface area contributed by atoms with E-state index in [2.05, 4.69) is 26.6 Å². The first-order chi connectivity index (χ1) is 25.7. The molecule has 0 radical (unpaired) electrons. The lowest BCUT2D eigenvalue weighted by molar-refractivity contribution is -0.00734. The molecule has 3 atom stereocenters. The summed E-state index contributed by atoms with van der Waals surface area (Å²) < 4.78 is 43.7. The van der Waals surface area contributed by atoms with Crippen molar-refractivity contribution in [3.05, 3.63) is 105 Å². The van der Waals surface area contributed by atoms with Crippen molar-refractivity contribution in [3.8, 4) is 27.6 Å². The minimum absolute atomic E-state index is 0.0695. The fraction of sp³-hybridized carbons (Fsp3) is 0.325. The molecule has 0 unspecified atom stereocenters. The van der Waals surface area contributed by atoms with E-state index >= 15 is 8.78 Å². The molecule has 53 heavy (non-hydrogen) atoms. The lowest BCUT2D eigenvalue weighted by Gasteiger charge is -2.22. The van der Waals surface area contributed by atoms with Crippen LogP contribution in [0.3, 0.4) is 0 Å². The number of rotatable bonds is 7. The molecule has 13 heteroatoms. The van der Waals surface area contributed by atoms with Crippen LogP contribution in [0.2, 0.25) is 5.02 Å². The summed E-state index contributed by atoms with van der Waals surface area (Å²) in [6.45, 7) is 2.40. The number of anilines is 1. The van der Waals surface area contributed by atoms with Crippen molar-refractivity contribution in [2.75, 3.05) is 19.0 Å². The monoisotopic (exact) mass is 750 g/mol. The molecule has 4 aromatic heterocycles. The topological polar surface area (TPSA) is 106 Å². The Morgan fingerprint density at radius 1 is 1.09 bits per heavy atom. The van der Waals surface area contributed by atoms with E-state index < -0.39 is 18.4 Å². The number of ether oxygens (including phenoxy) is 1. The van der Waals surface area contributed by atoms with Crippen LogP contribution in [0.4, 0.5) is 14.6 Å². The van der Waals surface area contributed by atoms with E-state index in [1.165, 1.54) is 29.6 Å². The third kappa shape index (κ3) is 5.09. The van der Waals surface area contributed by atoms with E-state index in [1.807, 2.05) is 29.2 Å². The quantitative estimate of drug-likeness (QED) is 0.172. The van der Waals surface area contributed by atoms with Gasteiger partial charge in [0.2, 0.25) is 11.8 Å². The second-order valence-electron chi connectivity index (χ2n) is 14.4. The third-order valence-electron chi connectivity index (χ3n) is 11.3. The van der Waals surface area contributed by atoms with Crippen LogP contribution in [0.5, 0.6) is 5.75 Å². The predicted octanol–water partition coefficient (Wildman–Crippen LogP) is 9.29. The number of hydrogen-bond donors (Lipinski definition) is 1. The summed E-state index contributed by atoms with van der Waals surface area (Å²) in [6.07, 6.45) is 5.38. The van der Waals surface area contributed by atoms with Crippen LogP contribution in [0.15, 0.2) is 59.1 Å². The van der Waals surface area contributed by atoms with Gasteiger partial charge in [-0.1, -0.05) is 29.8 Å². The van der Waals surface area contributed by atoms with Gasteiger partial charge in [-0.3, -0.25) is 9.78 Å². The second kappa shape index (κ2) is 12.0. The van der Waals surface area contributed by atoms with Gasteiger partial charge < -0.3 is 19.4 Å². The molecule has 0 saturated carbocycles. The van der Waals surface area contributed by atoms with Crippen molar-refractivity contribution >= 4 is 44.7 Å². The van der Waals surface area contributed by atoms with Crippen molar-refractivity contribution in [1.29, 1.82) is 0 Å². The second-order valence-corrected chi connectivity index (χ2v) is 15.9. The van der Waals surface area contributed by atoms with Crippen LogP contribution in [-0.2, 0) is 19.3 Å². The number of alkyl halides is 2. The van der Waals surface area contributed by atoms with Crippen molar-refractivity contribution < 1.29 is 22.7 Å². The Balaban J connectivity index is 1.15. The molecule has 268 valence electrons. The van der Waals surface area contributed by atoms with Gasteiger partial charge in [0.15, 0.2) is 0 Å². The van der Waals surface area contributed by atoms with Gasteiger partial charge in [-0.2, -0.15) is 0 Å². The van der Waals surface area contributed by atoms with Gasteiger partial charge in [0.1, 0.15) is 17.6 Å². The van der Waals surface area contributed by atoms with E-state index in [-0.39, 0.29) is 17.9 Å². The summed E-state index contributed by atoms with van der Waals surface area (Å²) in [5.74, 6) is -1.50. The number of halogens is 3. The summed E-state index contributed by atoms with van der Waals surface area (Å²) in [5.41, 5.74) is 6.90. The maximum absolute atomic E-state index is 15.7. The molecule has 1 fully saturated rings. The van der Waals surface area contributed by atoms with Gasteiger partial charge in [0.05, 0.1) is 40.4 Å². The fourth-order valence-electron chi connectivity index (χ4n) is 9.00. The highest BCUT2D eigenvalue weighted by Gasteiger charge is 2.49. The number of fused-ring (bicyclic) bond motifs is 6. The van der Waals surface area contributed by atoms with Gasteiger partial charge in [0.25, 0.3) is 11.8 Å². The zero-order valence-corrected chi connectivity index (χ0v) is 30.5. The smallest absolute Gasteiger partial charge is 0.276 e. The predicted molar refractivity (Wildman–Crippen MR) is 198 cm³/mol. The molecule has 1 saturated heterocycles. The number of carbonyl (C=O) groups is 1. The third-order valence-corrected chi connectivity index (χ3v) is 12.7. The molecule has 1 N–H and O–H groups in total. The molecule has 6 heterocycles. The van der Waals surface area contributed by atoms with Gasteiger partial charge in [0, 0.05) is 47.1 Å². The molecule has 2 aliphatic heterocycles. The Morgan fingerprint density at radius 3 is 2.81 bits per heavy atom. The number of nitrogens with zero attached hydrogens (tertiary/aromatic N) is 5. The minimum atomic E-state index is -3.08. The maximum Gasteiger partial charge on any atom is 0.276 e. The summed E-state index contributed by atoms with van der Waals surface area (Å²) in [7, 11) is 1.49. The Morgan fingerprint density at radius 2 is 1.98 bits per heavy atom. The first-order valence-corrected chi connectivity index (χ1v) is 19.0. The van der Waals surface area contributed by atoms with Gasteiger partial charge in [-0.15, -0.1) is 21.5 Å². The first-order valence-electron chi connectivity index (χ1n) is 17.8. The summed E-state index contributed by atoms with van der Waals surface area (Å²) in [6, 6.07) is 13.7. The van der Waals surface area contributed by atoms with Gasteiger partial charge in [-0.05, 0) is 90.4 Å². The highest BCUT2D eigenvalue weighted by molar-refractivity contribution is 7.23. The van der Waals surface area contributed by atoms with Crippen LogP contribution in [-0.4, -0.2) is 50.5 Å². The normalized spacial score (nSPS) is 20.9. The average molecular weight is 751 g/mol. The first kappa shape index (κ1) is 32.7. The number of nitrogens with one attached hydrogen (secondary N) is 1. The molecule has 1 amide bonds. The van der Waals surface area contributed by atoms with E-state index in [9.17, 15) is 4.79 Å². The molecule has 2 aromatic carbocycles. The van der Waals surface area contributed by atoms with Crippen molar-refractivity contribution in [2.45, 2.75) is 69.4 Å². The number of methoxy groups -OCH3 is 1. The van der Waals surface area contributed by atoms with Gasteiger partial charge in [-0.25, -0.2) is 13.8 Å². The van der Waals surface area contributed by atoms with E-state index in [0.29, 0.717) is 68.8 Å². The lowest BCUT2D eigenvalue weighted by atomic mass is 9.89. The number of amides is 1. The number of benzene rings is 2. The zero-order valence-electron chi connectivity index (χ0n) is 28.9. The van der Waals surface area contributed by atoms with Crippen molar-refractivity contribution in [3.63, 3.8) is 0 Å². The minimum Gasteiger partial charge on any atom is -0.496 e. The standard InChI is InChI=1S/C40H33ClF2N6O3S/c1-19-47-48-38(52-19)31-27(16-21-9-8-20-15-23(41)10-11-24(20)21)45-34-28-6-4-14-49(28)39(50)33(34)32(31)30-17-22-12-13-44-37(35(22)53-30)46-36-25-5-3-7-29(51-2)26(25)18-40(36,42)43/h3,5,7,10-13,15,17,21,28,36H,4,6,8-9,14,16,18H2,1-2H3,(H,44,46)/t21-,28-,36+/m1/s1. The number of thiophene rings is 1. The van der Waals surface area contributed by atoms with Crippen LogP contribution in [0.25, 0.3) is 32.0 Å². The number of aryl methyl sites for hydroxylation is 2.